The maximum Gasteiger partial charge on any atom is 0.225 e. The number of benzene rings is 1. The fourth-order valence-corrected chi connectivity index (χ4v) is 3.82. The summed E-state index contributed by atoms with van der Waals surface area (Å²) in [6.07, 6.45) is 2.46. The van der Waals surface area contributed by atoms with E-state index in [1.165, 1.54) is 10.2 Å². The third kappa shape index (κ3) is 4.51. The summed E-state index contributed by atoms with van der Waals surface area (Å²) in [6.45, 7) is 3.36. The van der Waals surface area contributed by atoms with Gasteiger partial charge in [0.05, 0.1) is 0 Å². The van der Waals surface area contributed by atoms with Crippen LogP contribution in [0.5, 0.6) is 0 Å². The van der Waals surface area contributed by atoms with Crippen LogP contribution in [0, 0.1) is 5.92 Å². The van der Waals surface area contributed by atoms with Crippen LogP contribution in [0.2, 0.25) is 0 Å². The molecule has 2 aromatic heterocycles. The average Bonchev–Trinajstić information content (AvgIpc) is 3.25. The van der Waals surface area contributed by atoms with E-state index >= 15 is 0 Å². The lowest BCUT2D eigenvalue weighted by Gasteiger charge is -2.34. The number of tetrazole rings is 1. The highest BCUT2D eigenvalue weighted by atomic mass is 16.2. The number of carbonyl (C=O) groups excluding carboxylic acids is 1. The number of anilines is 1. The Hall–Kier alpha value is -3.07. The molecule has 0 unspecified atom stereocenters. The maximum atomic E-state index is 13.1. The molecular weight excluding hydrogens is 368 g/mol. The monoisotopic (exact) mass is 394 g/mol. The van der Waals surface area contributed by atoms with Gasteiger partial charge in [-0.25, -0.2) is 0 Å². The Kier molecular flexibility index (Phi) is 5.95. The third-order valence-electron chi connectivity index (χ3n) is 5.45. The van der Waals surface area contributed by atoms with Crippen molar-refractivity contribution in [2.24, 2.45) is 11.7 Å². The summed E-state index contributed by atoms with van der Waals surface area (Å²) in [7, 11) is 0. The second-order valence-electron chi connectivity index (χ2n) is 7.33. The van der Waals surface area contributed by atoms with Crippen LogP contribution in [-0.4, -0.2) is 68.8 Å². The van der Waals surface area contributed by atoms with Crippen LogP contribution < -0.4 is 10.6 Å². The molecule has 1 fully saturated rings. The van der Waals surface area contributed by atoms with Gasteiger partial charge in [0.1, 0.15) is 0 Å². The number of piperidine rings is 1. The third-order valence-corrected chi connectivity index (χ3v) is 5.45. The minimum atomic E-state index is 0.0327. The van der Waals surface area contributed by atoms with Crippen LogP contribution in [-0.2, 0) is 11.2 Å². The molecule has 4 rings (SSSR count). The zero-order chi connectivity index (χ0) is 20.1. The van der Waals surface area contributed by atoms with E-state index in [1.54, 1.807) is 0 Å². The highest BCUT2D eigenvalue weighted by Crippen LogP contribution is 2.23. The van der Waals surface area contributed by atoms with Crippen molar-refractivity contribution < 1.29 is 4.79 Å². The molecule has 2 N–H and O–H groups in total. The molecule has 0 spiro atoms. The normalized spacial score (nSPS) is 15.0. The van der Waals surface area contributed by atoms with Crippen molar-refractivity contribution in [1.82, 2.24) is 30.2 Å². The second-order valence-corrected chi connectivity index (χ2v) is 7.33. The number of rotatable bonds is 7. The van der Waals surface area contributed by atoms with E-state index in [1.807, 2.05) is 35.2 Å². The van der Waals surface area contributed by atoms with Gasteiger partial charge in [-0.2, -0.15) is 0 Å². The molecule has 29 heavy (non-hydrogen) atoms. The Bertz CT molecular complexity index is 936. The topological polar surface area (TPSA) is 106 Å². The van der Waals surface area contributed by atoms with E-state index in [4.69, 9.17) is 5.73 Å². The largest absolute Gasteiger partial charge is 0.355 e. The molecule has 1 amide bonds. The first kappa shape index (κ1) is 19.3. The molecule has 1 aliphatic rings. The fraction of sp³-hybridized carbons (Fsp3) is 0.450. The van der Waals surface area contributed by atoms with Crippen molar-refractivity contribution in [2.75, 3.05) is 37.6 Å². The second kappa shape index (κ2) is 8.95. The molecule has 0 bridgehead atoms. The summed E-state index contributed by atoms with van der Waals surface area (Å²) >= 11 is 0. The Morgan fingerprint density at radius 3 is 2.66 bits per heavy atom. The summed E-state index contributed by atoms with van der Waals surface area (Å²) in [6, 6.07) is 14.0. The first-order valence-electron chi connectivity index (χ1n) is 10.1. The summed E-state index contributed by atoms with van der Waals surface area (Å²) in [5.74, 6) is 1.08. The number of carbonyl (C=O) groups is 1. The molecule has 9 heteroatoms. The summed E-state index contributed by atoms with van der Waals surface area (Å²) in [5.41, 5.74) is 7.63. The standard InChI is InChI=1S/C20H26N8O/c21-11-15-27(12-8-16-4-2-1-3-5-16)20(29)17-9-13-26(14-10-17)19-7-6-18-22-24-25-28(18)23-19/h1-7,17H,8-15,21H2. The molecule has 152 valence electrons. The molecule has 9 nitrogen and oxygen atoms in total. The SMILES string of the molecule is NCCN(CCc1ccccc1)C(=O)C1CCN(c2ccc3nnnn3n2)CC1. The van der Waals surface area contributed by atoms with E-state index in [0.29, 0.717) is 25.3 Å². The maximum absolute atomic E-state index is 13.1. The predicted octanol–water partition coefficient (Wildman–Crippen LogP) is 0.766. The predicted molar refractivity (Wildman–Crippen MR) is 109 cm³/mol. The molecule has 0 radical (unpaired) electrons. The average molecular weight is 394 g/mol. The highest BCUT2D eigenvalue weighted by molar-refractivity contribution is 5.79. The molecular formula is C20H26N8O. The van der Waals surface area contributed by atoms with Crippen LogP contribution in [0.3, 0.4) is 0 Å². The minimum Gasteiger partial charge on any atom is -0.355 e. The smallest absolute Gasteiger partial charge is 0.225 e. The summed E-state index contributed by atoms with van der Waals surface area (Å²) < 4.78 is 1.43. The number of fused-ring (bicyclic) bond motifs is 1. The van der Waals surface area contributed by atoms with Gasteiger partial charge in [-0.05, 0) is 47.4 Å². The molecule has 1 saturated heterocycles. The molecule has 0 saturated carbocycles. The Balaban J connectivity index is 1.34. The van der Waals surface area contributed by atoms with E-state index in [-0.39, 0.29) is 11.8 Å². The zero-order valence-electron chi connectivity index (χ0n) is 16.4. The molecule has 0 aliphatic carbocycles. The van der Waals surface area contributed by atoms with Crippen molar-refractivity contribution in [1.29, 1.82) is 0 Å². The van der Waals surface area contributed by atoms with Gasteiger partial charge in [-0.3, -0.25) is 4.79 Å². The Labute approximate surface area is 169 Å². The van der Waals surface area contributed by atoms with Gasteiger partial charge in [-0.1, -0.05) is 30.3 Å². The van der Waals surface area contributed by atoms with Crippen LogP contribution in [0.4, 0.5) is 5.82 Å². The van der Waals surface area contributed by atoms with Gasteiger partial charge >= 0.3 is 0 Å². The first-order chi connectivity index (χ1) is 14.2. The van der Waals surface area contributed by atoms with E-state index < -0.39 is 0 Å². The lowest BCUT2D eigenvalue weighted by atomic mass is 9.95. The quantitative estimate of drug-likeness (QED) is 0.631. The lowest BCUT2D eigenvalue weighted by Crippen LogP contribution is -2.45. The van der Waals surface area contributed by atoms with Gasteiger partial charge in [0, 0.05) is 38.6 Å². The van der Waals surface area contributed by atoms with Crippen LogP contribution in [0.15, 0.2) is 42.5 Å². The van der Waals surface area contributed by atoms with E-state index in [2.05, 4.69) is 37.7 Å². The minimum absolute atomic E-state index is 0.0327. The highest BCUT2D eigenvalue weighted by Gasteiger charge is 2.29. The van der Waals surface area contributed by atoms with Crippen molar-refractivity contribution >= 4 is 17.4 Å². The lowest BCUT2D eigenvalue weighted by molar-refractivity contribution is -0.136. The van der Waals surface area contributed by atoms with Crippen LogP contribution in [0.1, 0.15) is 18.4 Å². The fourth-order valence-electron chi connectivity index (χ4n) is 3.82. The van der Waals surface area contributed by atoms with Crippen molar-refractivity contribution in [3.8, 4) is 0 Å². The van der Waals surface area contributed by atoms with Gasteiger partial charge in [-0.15, -0.1) is 14.8 Å². The number of nitrogens with two attached hydrogens (primary N) is 1. The number of hydrogen-bond acceptors (Lipinski definition) is 7. The van der Waals surface area contributed by atoms with Gasteiger partial charge in [0.25, 0.3) is 0 Å². The molecule has 0 atom stereocenters. The van der Waals surface area contributed by atoms with Gasteiger partial charge in [0.2, 0.25) is 5.91 Å². The Morgan fingerprint density at radius 2 is 1.90 bits per heavy atom. The first-order valence-corrected chi connectivity index (χ1v) is 10.1. The van der Waals surface area contributed by atoms with Crippen molar-refractivity contribution in [3.63, 3.8) is 0 Å². The molecule has 3 heterocycles. The molecule has 1 aliphatic heterocycles. The van der Waals surface area contributed by atoms with Crippen LogP contribution in [0.25, 0.3) is 5.65 Å². The number of aromatic nitrogens is 5. The van der Waals surface area contributed by atoms with Crippen molar-refractivity contribution in [3.05, 3.63) is 48.0 Å². The molecule has 1 aromatic carbocycles. The van der Waals surface area contributed by atoms with Gasteiger partial charge < -0.3 is 15.5 Å². The van der Waals surface area contributed by atoms with Crippen LogP contribution >= 0.6 is 0 Å². The van der Waals surface area contributed by atoms with E-state index in [9.17, 15) is 4.79 Å². The number of amides is 1. The number of hydrogen-bond donors (Lipinski definition) is 1. The van der Waals surface area contributed by atoms with E-state index in [0.717, 1.165) is 38.2 Å². The zero-order valence-corrected chi connectivity index (χ0v) is 16.4. The molecule has 3 aromatic rings. The number of nitrogens with zero attached hydrogens (tertiary/aromatic N) is 7. The summed E-state index contributed by atoms with van der Waals surface area (Å²) in [5, 5.41) is 15.8. The van der Waals surface area contributed by atoms with Gasteiger partial charge in [0.15, 0.2) is 11.5 Å². The Morgan fingerprint density at radius 1 is 1.10 bits per heavy atom. The summed E-state index contributed by atoms with van der Waals surface area (Å²) in [4.78, 5) is 17.2. The van der Waals surface area contributed by atoms with Crippen molar-refractivity contribution in [2.45, 2.75) is 19.3 Å².